The highest BCUT2D eigenvalue weighted by molar-refractivity contribution is 6.31. The molecule has 2 aliphatic heterocycles. The number of halogens is 5. The van der Waals surface area contributed by atoms with Crippen LogP contribution in [0.2, 0.25) is 0 Å². The van der Waals surface area contributed by atoms with E-state index in [1.54, 1.807) is 17.9 Å². The zero-order valence-electron chi connectivity index (χ0n) is 27.6. The van der Waals surface area contributed by atoms with E-state index >= 15 is 0 Å². The standard InChI is InChI=1S/C33H46ClF4N5O.C2H4/c1-21(2)31(34)8-5-22(3)43(40-23(4)39)19-24-9-12-41(13-10-24)32(44)30-18-28(42-14-11-33(37,38)20-42)17-29(30)25-6-7-26(35)16-27(36)15-25;1-2/h5-8,16,22,24,28-30H,9-15,17-20H2,1-4H3,(H2,39,40);1-2H2/b8-5-;/t22?,28?,29-,30+;/m0./s1. The van der Waals surface area contributed by atoms with E-state index in [0.717, 1.165) is 24.5 Å². The maximum Gasteiger partial charge on any atom is 0.261 e. The number of hydrogen-bond acceptors (Lipinski definition) is 4. The number of rotatable bonds is 9. The quantitative estimate of drug-likeness (QED) is 0.0679. The van der Waals surface area contributed by atoms with Crippen molar-refractivity contribution in [2.45, 2.75) is 84.2 Å². The molecule has 256 valence electrons. The van der Waals surface area contributed by atoms with Crippen LogP contribution in [-0.4, -0.2) is 77.3 Å². The minimum Gasteiger partial charge on any atom is -0.386 e. The summed E-state index contributed by atoms with van der Waals surface area (Å²) in [6, 6.07) is -0.248. The fourth-order valence-corrected chi connectivity index (χ4v) is 6.91. The number of nitrogens with zero attached hydrogens (tertiary/aromatic N) is 4. The van der Waals surface area contributed by atoms with E-state index in [9.17, 15) is 22.4 Å². The number of carbonyl (C=O) groups is 1. The zero-order valence-corrected chi connectivity index (χ0v) is 28.4. The molecule has 2 heterocycles. The molecule has 2 unspecified atom stereocenters. The van der Waals surface area contributed by atoms with E-state index in [2.05, 4.69) is 18.3 Å². The van der Waals surface area contributed by atoms with Gasteiger partial charge in [-0.3, -0.25) is 14.7 Å². The van der Waals surface area contributed by atoms with Gasteiger partial charge < -0.3 is 10.6 Å². The molecule has 2 aliphatic carbocycles. The van der Waals surface area contributed by atoms with Gasteiger partial charge in [-0.1, -0.05) is 34.9 Å². The number of likely N-dealkylation sites (tertiary alicyclic amines) is 2. The molecule has 0 bridgehead atoms. The molecular formula is C35H50ClF4N5O. The van der Waals surface area contributed by atoms with Gasteiger partial charge in [-0.05, 0) is 77.4 Å². The molecule has 1 amide bonds. The smallest absolute Gasteiger partial charge is 0.261 e. The van der Waals surface area contributed by atoms with Crippen LogP contribution in [-0.2, 0) is 4.79 Å². The van der Waals surface area contributed by atoms with Gasteiger partial charge in [0.2, 0.25) is 5.91 Å². The third kappa shape index (κ3) is 10.3. The Labute approximate surface area is 277 Å². The summed E-state index contributed by atoms with van der Waals surface area (Å²) >= 11 is 6.30. The van der Waals surface area contributed by atoms with Crippen molar-refractivity contribution < 1.29 is 22.4 Å². The molecular weight excluding hydrogens is 618 g/mol. The van der Waals surface area contributed by atoms with E-state index in [1.807, 2.05) is 42.8 Å². The summed E-state index contributed by atoms with van der Waals surface area (Å²) in [4.78, 5) is 17.7. The summed E-state index contributed by atoms with van der Waals surface area (Å²) in [6.45, 7) is 15.4. The Hall–Kier alpha value is -2.85. The van der Waals surface area contributed by atoms with Crippen molar-refractivity contribution >= 4 is 23.3 Å². The summed E-state index contributed by atoms with van der Waals surface area (Å²) < 4.78 is 56.6. The maximum atomic E-state index is 14.5. The average Bonchev–Trinajstić information content (AvgIpc) is 3.56. The van der Waals surface area contributed by atoms with Gasteiger partial charge in [0.05, 0.1) is 12.6 Å². The molecule has 1 saturated carbocycles. The molecule has 2 N–H and O–H groups in total. The van der Waals surface area contributed by atoms with Gasteiger partial charge in [-0.15, -0.1) is 13.2 Å². The van der Waals surface area contributed by atoms with E-state index < -0.39 is 23.5 Å². The third-order valence-electron chi connectivity index (χ3n) is 9.30. The molecule has 4 aliphatic rings. The number of piperidine rings is 1. The van der Waals surface area contributed by atoms with Crippen LogP contribution in [0.4, 0.5) is 17.6 Å². The zero-order chi connectivity index (χ0) is 34.2. The van der Waals surface area contributed by atoms with Crippen LogP contribution in [0.3, 0.4) is 0 Å². The molecule has 46 heavy (non-hydrogen) atoms. The van der Waals surface area contributed by atoms with Gasteiger partial charge in [0.25, 0.3) is 5.92 Å². The Bertz CT molecular complexity index is 1260. The number of carbonyl (C=O) groups excluding carboxylic acids is 1. The molecule has 0 aromatic heterocycles. The third-order valence-corrected chi connectivity index (χ3v) is 9.80. The molecule has 3 fully saturated rings. The van der Waals surface area contributed by atoms with Gasteiger partial charge in [-0.25, -0.2) is 17.6 Å². The number of amidine groups is 1. The van der Waals surface area contributed by atoms with Crippen LogP contribution in [0.25, 0.3) is 0 Å². The van der Waals surface area contributed by atoms with E-state index in [0.29, 0.717) is 48.9 Å². The predicted molar refractivity (Wildman–Crippen MR) is 180 cm³/mol. The second-order valence-corrected chi connectivity index (χ2v) is 13.5. The van der Waals surface area contributed by atoms with Crippen molar-refractivity contribution in [3.8, 4) is 0 Å². The Balaban J connectivity index is 0.00000282. The van der Waals surface area contributed by atoms with Gasteiger partial charge in [0.1, 0.15) is 17.5 Å². The number of alkyl halides is 2. The summed E-state index contributed by atoms with van der Waals surface area (Å²) in [7, 11) is 0. The second kappa shape index (κ2) is 16.8. The molecule has 0 aromatic rings. The van der Waals surface area contributed by atoms with E-state index in [-0.39, 0.29) is 55.8 Å². The monoisotopic (exact) mass is 667 g/mol. The van der Waals surface area contributed by atoms with Crippen LogP contribution >= 0.6 is 11.6 Å². The highest BCUT2D eigenvalue weighted by Crippen LogP contribution is 2.45. The Morgan fingerprint density at radius 1 is 1.17 bits per heavy atom. The normalized spacial score (nSPS) is 26.5. The number of allylic oxidation sites excluding steroid dienone is 9. The van der Waals surface area contributed by atoms with E-state index in [1.165, 1.54) is 6.08 Å². The summed E-state index contributed by atoms with van der Waals surface area (Å²) in [5, 5.41) is 7.19. The first-order chi connectivity index (χ1) is 21.7. The molecule has 4 rings (SSSR count). The first-order valence-electron chi connectivity index (χ1n) is 16.1. The van der Waals surface area contributed by atoms with Crippen molar-refractivity contribution in [3.05, 3.63) is 71.4 Å². The Morgan fingerprint density at radius 3 is 2.43 bits per heavy atom. The minimum atomic E-state index is -2.74. The van der Waals surface area contributed by atoms with Crippen LogP contribution in [0.1, 0.15) is 66.2 Å². The molecule has 0 aromatic carbocycles. The first-order valence-corrected chi connectivity index (χ1v) is 16.5. The lowest BCUT2D eigenvalue weighted by molar-refractivity contribution is -0.138. The highest BCUT2D eigenvalue weighted by atomic mass is 35.5. The van der Waals surface area contributed by atoms with Crippen LogP contribution in [0.15, 0.2) is 76.5 Å². The minimum absolute atomic E-state index is 0.0266. The lowest BCUT2D eigenvalue weighted by Gasteiger charge is -2.37. The Morgan fingerprint density at radius 2 is 1.85 bits per heavy atom. The Kier molecular flexibility index (Phi) is 13.7. The lowest BCUT2D eigenvalue weighted by atomic mass is 9.85. The van der Waals surface area contributed by atoms with Crippen LogP contribution in [0, 0.1) is 17.8 Å². The predicted octanol–water partition coefficient (Wildman–Crippen LogP) is 7.87. The summed E-state index contributed by atoms with van der Waals surface area (Å²) in [6.07, 6.45) is 9.73. The van der Waals surface area contributed by atoms with Crippen LogP contribution in [0.5, 0.6) is 0 Å². The SMILES string of the molecule is C=C.CC(C)=C(Cl)/C=C\C(C)N(CC1CCN(C(=O)[C@@H]2CC(N3CCC(F)(F)C3)C[C@H]2C2=CC=C(F)C=C(F)C2)CC1)/N=C(/C)N. The molecule has 6 nitrogen and oxygen atoms in total. The topological polar surface area (TPSA) is 65.2 Å². The fraction of sp³-hybridized carbons (Fsp3) is 0.600. The first kappa shape index (κ1) is 37.6. The number of nitrogens with two attached hydrogens (primary N) is 1. The number of hydrogen-bond donors (Lipinski definition) is 1. The second-order valence-electron chi connectivity index (χ2n) is 13.1. The van der Waals surface area contributed by atoms with Gasteiger partial charge in [0, 0.05) is 62.1 Å². The molecule has 4 atom stereocenters. The highest BCUT2D eigenvalue weighted by Gasteiger charge is 2.48. The maximum absolute atomic E-state index is 14.5. The van der Waals surface area contributed by atoms with E-state index in [4.69, 9.17) is 17.3 Å². The molecule has 0 radical (unpaired) electrons. The number of amides is 1. The number of hydrazone groups is 1. The largest absolute Gasteiger partial charge is 0.386 e. The van der Waals surface area contributed by atoms with Crippen molar-refractivity contribution in [2.75, 3.05) is 32.7 Å². The lowest BCUT2D eigenvalue weighted by Crippen LogP contribution is -2.45. The molecule has 11 heteroatoms. The summed E-state index contributed by atoms with van der Waals surface area (Å²) in [5.41, 5.74) is 7.61. The fourth-order valence-electron chi connectivity index (χ4n) is 6.84. The van der Waals surface area contributed by atoms with Crippen molar-refractivity contribution in [2.24, 2.45) is 28.6 Å². The van der Waals surface area contributed by atoms with Crippen molar-refractivity contribution in [1.82, 2.24) is 14.8 Å². The van der Waals surface area contributed by atoms with Crippen molar-refractivity contribution in [3.63, 3.8) is 0 Å². The van der Waals surface area contributed by atoms with Gasteiger partial charge in [0.15, 0.2) is 0 Å². The average molecular weight is 668 g/mol. The molecule has 0 spiro atoms. The summed E-state index contributed by atoms with van der Waals surface area (Å²) in [5.74, 6) is -4.11. The van der Waals surface area contributed by atoms with Gasteiger partial charge >= 0.3 is 0 Å². The van der Waals surface area contributed by atoms with Crippen molar-refractivity contribution in [1.29, 1.82) is 0 Å². The molecule has 2 saturated heterocycles. The van der Waals surface area contributed by atoms with Crippen LogP contribution < -0.4 is 5.73 Å². The van der Waals surface area contributed by atoms with Gasteiger partial charge in [-0.2, -0.15) is 5.10 Å².